The van der Waals surface area contributed by atoms with Crippen LogP contribution >= 0.6 is 0 Å². The second-order valence-electron chi connectivity index (χ2n) is 1.01. The molecule has 0 rings (SSSR count). The molecule has 0 aliphatic carbocycles. The molecule has 54 valence electrons. The van der Waals surface area contributed by atoms with Crippen LogP contribution in [0.1, 0.15) is 0 Å². The van der Waals surface area contributed by atoms with Crippen LogP contribution < -0.4 is 0 Å². The second-order valence-corrected chi connectivity index (χ2v) is 1.01. The van der Waals surface area contributed by atoms with E-state index in [0.29, 0.717) is 34.7 Å². The average Bonchev–Trinajstić information content (AvgIpc) is 1.89. The van der Waals surface area contributed by atoms with E-state index in [0.717, 1.165) is 0 Å². The third-order valence-electron chi connectivity index (χ3n) is 0.368. The zero-order valence-electron chi connectivity index (χ0n) is 4.77. The topological polar surface area (TPSA) is 91.7 Å². The number of hydrogen-bond donors (Lipinski definition) is 2. The Labute approximate surface area is 69.8 Å². The van der Waals surface area contributed by atoms with Crippen molar-refractivity contribution in [2.75, 3.05) is 0 Å². The predicted octanol–water partition coefficient (Wildman–Crippen LogP) is -0.788. The third kappa shape index (κ3) is 15.7. The summed E-state index contributed by atoms with van der Waals surface area (Å²) >= 11 is 0.300. The van der Waals surface area contributed by atoms with E-state index in [-0.39, 0.29) is 0 Å². The fourth-order valence-corrected chi connectivity index (χ4v) is 0.143. The molecule has 0 heterocycles. The molecule has 0 bridgehead atoms. The van der Waals surface area contributed by atoms with Gasteiger partial charge in [-0.2, -0.15) is 0 Å². The number of carboxylic acid groups (broad SMARTS) is 2. The van der Waals surface area contributed by atoms with Crippen LogP contribution in [0.25, 0.3) is 0 Å². The number of carboxylic acids is 2. The molecule has 2 radical (unpaired) electrons. The second kappa shape index (κ2) is 8.28. The summed E-state index contributed by atoms with van der Waals surface area (Å²) < 4.78 is 8.34. The van der Waals surface area contributed by atoms with E-state index in [1.807, 2.05) is 0 Å². The summed E-state index contributed by atoms with van der Waals surface area (Å²) in [6.45, 7) is 0. The van der Waals surface area contributed by atoms with Gasteiger partial charge in [-0.25, -0.2) is 9.59 Å². The first-order valence-electron chi connectivity index (χ1n) is 1.97. The molecule has 0 fully saturated rings. The maximum atomic E-state index is 9.55. The normalized spacial score (nSPS) is 8.00. The van der Waals surface area contributed by atoms with Crippen LogP contribution in [0.15, 0.2) is 12.2 Å². The molecule has 2 N–H and O–H groups in total. The quantitative estimate of drug-likeness (QED) is 0.495. The molecule has 0 spiro atoms. The Hall–Kier alpha value is -0.721. The number of rotatable bonds is 2. The van der Waals surface area contributed by atoms with Crippen molar-refractivity contribution >= 4 is 34.4 Å². The van der Waals surface area contributed by atoms with Crippen LogP contribution in [-0.4, -0.2) is 44.7 Å². The molecule has 0 unspecified atom stereocenters. The fraction of sp³-hybridized carbons (Fsp3) is 0. The summed E-state index contributed by atoms with van der Waals surface area (Å²) in [5.41, 5.74) is 0. The Morgan fingerprint density at radius 1 is 1.00 bits per heavy atom. The van der Waals surface area contributed by atoms with Gasteiger partial charge in [0.2, 0.25) is 0 Å². The number of hydrogen-bond acceptors (Lipinski definition) is 3. The van der Waals surface area contributed by atoms with Gasteiger partial charge in [-0.1, -0.05) is 0 Å². The Balaban J connectivity index is 0. The maximum absolute atomic E-state index is 9.55. The minimum atomic E-state index is -1.26. The zero-order valence-corrected chi connectivity index (χ0v) is 7.63. The van der Waals surface area contributed by atoms with Gasteiger partial charge < -0.3 is 10.2 Å². The van der Waals surface area contributed by atoms with Crippen LogP contribution in [0.4, 0.5) is 0 Å². The standard InChI is InChI=1S/C4H4O4.O.Sn/c5-3(6)1-2-4(7)8;;/h1-2H,(H,5,6)(H,7,8);;/b2-1-;;. The van der Waals surface area contributed by atoms with Gasteiger partial charge in [0.25, 0.3) is 0 Å². The van der Waals surface area contributed by atoms with E-state index in [4.69, 9.17) is 13.3 Å². The SMILES string of the molecule is O=C(O)/C=C\C(=O)O.[O]=[Sn]. The molecule has 0 aromatic heterocycles. The van der Waals surface area contributed by atoms with Crippen LogP contribution in [0.2, 0.25) is 0 Å². The first-order valence-corrected chi connectivity index (χ1v) is 3.14. The van der Waals surface area contributed by atoms with Gasteiger partial charge >= 0.3 is 37.5 Å². The van der Waals surface area contributed by atoms with Crippen molar-refractivity contribution in [1.82, 2.24) is 0 Å². The Kier molecular flexibility index (Phi) is 9.94. The molecule has 10 heavy (non-hydrogen) atoms. The molecule has 0 aromatic rings. The van der Waals surface area contributed by atoms with Gasteiger partial charge in [0, 0.05) is 12.2 Å². The molecule has 0 saturated heterocycles. The third-order valence-corrected chi connectivity index (χ3v) is 0.368. The van der Waals surface area contributed by atoms with Crippen molar-refractivity contribution in [3.8, 4) is 0 Å². The first kappa shape index (κ1) is 12.0. The molecular formula is C4H4O5Sn. The first-order chi connectivity index (χ1) is 4.63. The monoisotopic (exact) mass is 252 g/mol. The summed E-state index contributed by atoms with van der Waals surface area (Å²) in [5.74, 6) is -2.51. The van der Waals surface area contributed by atoms with Crippen LogP contribution in [0.3, 0.4) is 0 Å². The molecule has 0 atom stereocenters. The van der Waals surface area contributed by atoms with E-state index in [2.05, 4.69) is 0 Å². The van der Waals surface area contributed by atoms with E-state index >= 15 is 0 Å². The van der Waals surface area contributed by atoms with Gasteiger partial charge in [0.1, 0.15) is 0 Å². The summed E-state index contributed by atoms with van der Waals surface area (Å²) in [6.07, 6.45) is 1.12. The van der Waals surface area contributed by atoms with E-state index in [9.17, 15) is 9.59 Å². The van der Waals surface area contributed by atoms with Crippen LogP contribution in [-0.2, 0) is 12.7 Å². The van der Waals surface area contributed by atoms with Gasteiger partial charge in [0.05, 0.1) is 0 Å². The van der Waals surface area contributed by atoms with Crippen molar-refractivity contribution in [3.63, 3.8) is 0 Å². The molecule has 0 saturated carbocycles. The van der Waals surface area contributed by atoms with Gasteiger partial charge in [-0.15, -0.1) is 0 Å². The fourth-order valence-electron chi connectivity index (χ4n) is 0.143. The molecule has 5 nitrogen and oxygen atoms in total. The van der Waals surface area contributed by atoms with E-state index in [1.165, 1.54) is 0 Å². The van der Waals surface area contributed by atoms with Crippen molar-refractivity contribution in [2.24, 2.45) is 0 Å². The number of aliphatic carboxylic acids is 2. The summed E-state index contributed by atoms with van der Waals surface area (Å²) in [6, 6.07) is 0. The summed E-state index contributed by atoms with van der Waals surface area (Å²) in [5, 5.41) is 15.6. The van der Waals surface area contributed by atoms with Crippen molar-refractivity contribution in [3.05, 3.63) is 12.2 Å². The number of carbonyl (C=O) groups is 2. The Morgan fingerprint density at radius 2 is 1.20 bits per heavy atom. The van der Waals surface area contributed by atoms with Gasteiger partial charge in [0.15, 0.2) is 0 Å². The molecule has 0 aliphatic heterocycles. The Morgan fingerprint density at radius 3 is 1.30 bits per heavy atom. The predicted molar refractivity (Wildman–Crippen MR) is 30.9 cm³/mol. The van der Waals surface area contributed by atoms with Crippen molar-refractivity contribution in [1.29, 1.82) is 0 Å². The van der Waals surface area contributed by atoms with Gasteiger partial charge in [-0.05, 0) is 0 Å². The van der Waals surface area contributed by atoms with Gasteiger partial charge in [-0.3, -0.25) is 0 Å². The molecule has 0 amide bonds. The average molecular weight is 251 g/mol. The van der Waals surface area contributed by atoms with Crippen LogP contribution in [0.5, 0.6) is 0 Å². The molecule has 6 heteroatoms. The minimum absolute atomic E-state index is 0.300. The van der Waals surface area contributed by atoms with Crippen molar-refractivity contribution in [2.45, 2.75) is 0 Å². The zero-order chi connectivity index (χ0) is 8.57. The molecule has 0 aliphatic rings. The van der Waals surface area contributed by atoms with E-state index < -0.39 is 11.9 Å². The molecular weight excluding hydrogens is 247 g/mol. The Bertz CT molecular complexity index is 136. The van der Waals surface area contributed by atoms with Crippen molar-refractivity contribution < 1.29 is 22.9 Å². The summed E-state index contributed by atoms with van der Waals surface area (Å²) in [4.78, 5) is 19.1. The molecule has 0 aromatic carbocycles. The summed E-state index contributed by atoms with van der Waals surface area (Å²) in [7, 11) is 0. The van der Waals surface area contributed by atoms with E-state index in [1.54, 1.807) is 0 Å². The van der Waals surface area contributed by atoms with Crippen LogP contribution in [0, 0.1) is 0 Å².